The number of methoxy groups -OCH3 is 1. The third-order valence-electron chi connectivity index (χ3n) is 3.07. The number of carbonyl (C=O) groups excluding carboxylic acids is 1. The number of hydrogen-bond donors (Lipinski definition) is 0. The summed E-state index contributed by atoms with van der Waals surface area (Å²) in [5, 5.41) is 4.22. The second-order valence-electron chi connectivity index (χ2n) is 4.84. The number of ether oxygens (including phenoxy) is 1. The number of rotatable bonds is 6. The number of nitrogens with zero attached hydrogens (tertiary/aromatic N) is 3. The highest BCUT2D eigenvalue weighted by atomic mass is 16.5. The van der Waals surface area contributed by atoms with Crippen molar-refractivity contribution in [1.82, 2.24) is 14.8 Å². The Kier molecular flexibility index (Phi) is 4.50. The van der Waals surface area contributed by atoms with E-state index in [-0.39, 0.29) is 11.8 Å². The van der Waals surface area contributed by atoms with E-state index in [1.54, 1.807) is 24.2 Å². The number of hydrogen-bond acceptors (Lipinski definition) is 4. The molecule has 0 spiro atoms. The third kappa shape index (κ3) is 3.04. The largest absolute Gasteiger partial charge is 0.493 e. The van der Waals surface area contributed by atoms with Crippen molar-refractivity contribution in [3.8, 4) is 5.75 Å². The monoisotopic (exact) mass is 273 g/mol. The first kappa shape index (κ1) is 14.2. The van der Waals surface area contributed by atoms with Gasteiger partial charge >= 0.3 is 0 Å². The molecule has 0 amide bonds. The van der Waals surface area contributed by atoms with E-state index in [9.17, 15) is 4.79 Å². The number of carbonyl (C=O) groups is 1. The van der Waals surface area contributed by atoms with Crippen LogP contribution >= 0.6 is 0 Å². The summed E-state index contributed by atoms with van der Waals surface area (Å²) in [6, 6.07) is 5.82. The smallest absolute Gasteiger partial charge is 0.185 e. The molecule has 0 aromatic carbocycles. The van der Waals surface area contributed by atoms with Gasteiger partial charge in [-0.3, -0.25) is 14.5 Å². The summed E-state index contributed by atoms with van der Waals surface area (Å²) in [4.78, 5) is 16.6. The zero-order valence-electron chi connectivity index (χ0n) is 12.0. The van der Waals surface area contributed by atoms with Crippen LogP contribution in [-0.4, -0.2) is 27.7 Å². The second kappa shape index (κ2) is 6.32. The molecular formula is C15H19N3O2. The van der Waals surface area contributed by atoms with E-state index in [1.807, 2.05) is 32.0 Å². The van der Waals surface area contributed by atoms with Crippen molar-refractivity contribution >= 4 is 5.78 Å². The van der Waals surface area contributed by atoms with Crippen molar-refractivity contribution in [3.05, 3.63) is 42.0 Å². The number of aromatic nitrogens is 3. The van der Waals surface area contributed by atoms with E-state index < -0.39 is 0 Å². The van der Waals surface area contributed by atoms with Crippen molar-refractivity contribution in [3.63, 3.8) is 0 Å². The third-order valence-corrected chi connectivity index (χ3v) is 3.07. The summed E-state index contributed by atoms with van der Waals surface area (Å²) >= 11 is 0. The van der Waals surface area contributed by atoms with Crippen LogP contribution in [-0.2, 0) is 6.42 Å². The fourth-order valence-electron chi connectivity index (χ4n) is 2.06. The normalized spacial score (nSPS) is 10.8. The van der Waals surface area contributed by atoms with E-state index in [0.717, 1.165) is 5.69 Å². The molecule has 106 valence electrons. The molecule has 0 aliphatic rings. The molecular weight excluding hydrogens is 254 g/mol. The molecule has 0 saturated carbocycles. The second-order valence-corrected chi connectivity index (χ2v) is 4.84. The lowest BCUT2D eigenvalue weighted by molar-refractivity contribution is 0.0967. The Morgan fingerprint density at radius 3 is 2.80 bits per heavy atom. The Morgan fingerprint density at radius 2 is 2.20 bits per heavy atom. The number of aryl methyl sites for hydroxylation is 1. The highest BCUT2D eigenvalue weighted by Gasteiger charge is 2.20. The Labute approximate surface area is 118 Å². The van der Waals surface area contributed by atoms with Crippen LogP contribution < -0.4 is 4.74 Å². The van der Waals surface area contributed by atoms with Crippen LogP contribution in [0.3, 0.4) is 0 Å². The Bertz CT molecular complexity index is 576. The molecule has 0 unspecified atom stereocenters. The van der Waals surface area contributed by atoms with Gasteiger partial charge in [0.25, 0.3) is 0 Å². The van der Waals surface area contributed by atoms with Gasteiger partial charge in [0.2, 0.25) is 0 Å². The molecule has 0 fully saturated rings. The predicted octanol–water partition coefficient (Wildman–Crippen LogP) is 2.68. The van der Waals surface area contributed by atoms with Gasteiger partial charge in [-0.25, -0.2) is 0 Å². The van der Waals surface area contributed by atoms with Crippen molar-refractivity contribution in [2.24, 2.45) is 0 Å². The number of ketones is 1. The summed E-state index contributed by atoms with van der Waals surface area (Å²) in [5.41, 5.74) is 1.45. The SMILES string of the molecule is COc1cnn(C(C)C)c1C(=O)CCc1ccccn1. The first-order valence-corrected chi connectivity index (χ1v) is 6.68. The average molecular weight is 273 g/mol. The molecule has 0 N–H and O–H groups in total. The fraction of sp³-hybridized carbons (Fsp3) is 0.400. The highest BCUT2D eigenvalue weighted by Crippen LogP contribution is 2.22. The zero-order chi connectivity index (χ0) is 14.5. The van der Waals surface area contributed by atoms with E-state index in [4.69, 9.17) is 4.74 Å². The molecule has 5 nitrogen and oxygen atoms in total. The van der Waals surface area contributed by atoms with Crippen LogP contribution in [0.1, 0.15) is 42.5 Å². The molecule has 2 rings (SSSR count). The summed E-state index contributed by atoms with van der Waals surface area (Å²) < 4.78 is 6.94. The van der Waals surface area contributed by atoms with Crippen LogP contribution in [0.25, 0.3) is 0 Å². The molecule has 0 aliphatic heterocycles. The molecule has 0 saturated heterocycles. The molecule has 0 aliphatic carbocycles. The lowest BCUT2D eigenvalue weighted by Crippen LogP contribution is -2.14. The van der Waals surface area contributed by atoms with Gasteiger partial charge in [0.05, 0.1) is 13.3 Å². The average Bonchev–Trinajstić information content (AvgIpc) is 2.90. The number of Topliss-reactive ketones (excluding diaryl/α,β-unsaturated/α-hetero) is 1. The Balaban J connectivity index is 2.14. The lowest BCUT2D eigenvalue weighted by Gasteiger charge is -2.11. The summed E-state index contributed by atoms with van der Waals surface area (Å²) in [5.74, 6) is 0.559. The van der Waals surface area contributed by atoms with Gasteiger partial charge in [-0.15, -0.1) is 0 Å². The van der Waals surface area contributed by atoms with Gasteiger partial charge in [0, 0.05) is 24.4 Å². The van der Waals surface area contributed by atoms with Crippen molar-refractivity contribution in [2.75, 3.05) is 7.11 Å². The van der Waals surface area contributed by atoms with Gasteiger partial charge in [0.15, 0.2) is 11.5 Å². The molecule has 0 radical (unpaired) electrons. The zero-order valence-corrected chi connectivity index (χ0v) is 12.0. The maximum atomic E-state index is 12.4. The van der Waals surface area contributed by atoms with Gasteiger partial charge in [0.1, 0.15) is 5.69 Å². The lowest BCUT2D eigenvalue weighted by atomic mass is 10.1. The van der Waals surface area contributed by atoms with Crippen LogP contribution in [0.4, 0.5) is 0 Å². The van der Waals surface area contributed by atoms with Crippen LogP contribution in [0, 0.1) is 0 Å². The van der Waals surface area contributed by atoms with Crippen molar-refractivity contribution < 1.29 is 9.53 Å². The maximum absolute atomic E-state index is 12.4. The molecule has 5 heteroatoms. The molecule has 0 atom stereocenters. The fourth-order valence-corrected chi connectivity index (χ4v) is 2.06. The topological polar surface area (TPSA) is 57.0 Å². The number of pyridine rings is 1. The van der Waals surface area contributed by atoms with Gasteiger partial charge in [-0.2, -0.15) is 5.10 Å². The van der Waals surface area contributed by atoms with Crippen LogP contribution in [0.15, 0.2) is 30.6 Å². The van der Waals surface area contributed by atoms with Gasteiger partial charge < -0.3 is 4.74 Å². The highest BCUT2D eigenvalue weighted by molar-refractivity contribution is 5.97. The summed E-state index contributed by atoms with van der Waals surface area (Å²) in [6.07, 6.45) is 4.34. The minimum atomic E-state index is 0.0266. The quantitative estimate of drug-likeness (QED) is 0.759. The van der Waals surface area contributed by atoms with E-state index in [2.05, 4.69) is 10.1 Å². The first-order valence-electron chi connectivity index (χ1n) is 6.68. The molecule has 2 heterocycles. The first-order chi connectivity index (χ1) is 9.63. The van der Waals surface area contributed by atoms with Crippen LogP contribution in [0.2, 0.25) is 0 Å². The summed E-state index contributed by atoms with van der Waals surface area (Å²) in [7, 11) is 1.55. The molecule has 2 aromatic rings. The maximum Gasteiger partial charge on any atom is 0.185 e. The molecule has 0 bridgehead atoms. The minimum absolute atomic E-state index is 0.0266. The standard InChI is InChI=1S/C15H19N3O2/c1-11(2)18-15(14(20-3)10-17-18)13(19)8-7-12-6-4-5-9-16-12/h4-6,9-11H,7-8H2,1-3H3. The van der Waals surface area contributed by atoms with E-state index >= 15 is 0 Å². The van der Waals surface area contributed by atoms with Crippen molar-refractivity contribution in [1.29, 1.82) is 0 Å². The van der Waals surface area contributed by atoms with Gasteiger partial charge in [-0.05, 0) is 32.4 Å². The molecule has 20 heavy (non-hydrogen) atoms. The Hall–Kier alpha value is -2.17. The van der Waals surface area contributed by atoms with Gasteiger partial charge in [-0.1, -0.05) is 6.07 Å². The van der Waals surface area contributed by atoms with E-state index in [1.165, 1.54) is 0 Å². The van der Waals surface area contributed by atoms with E-state index in [0.29, 0.717) is 24.3 Å². The van der Waals surface area contributed by atoms with Crippen molar-refractivity contribution in [2.45, 2.75) is 32.7 Å². The Morgan fingerprint density at radius 1 is 1.40 bits per heavy atom. The molecule has 2 aromatic heterocycles. The summed E-state index contributed by atoms with van der Waals surface area (Å²) in [6.45, 7) is 3.98. The van der Waals surface area contributed by atoms with Crippen LogP contribution in [0.5, 0.6) is 5.75 Å². The minimum Gasteiger partial charge on any atom is -0.493 e. The predicted molar refractivity (Wildman–Crippen MR) is 76.1 cm³/mol.